The Bertz CT molecular complexity index is 1710. The standard InChI is InChI=1S/C24H36N4O2S.C17H28N2O2S/c1-7-21(28-10-8-18(9-11-28)27(5)6)22-17(4)20(14-31-22)23(29)25-13-19-15(2)12-16(3)26-24(19)30;1-6-15(19-9-7-13(8-10-19)18(3)4)16-12(2)14(11-22-16)17(20)21-5/h12,14,18,21H,7-11,13H2,1-6H3,(H,25,29)(H,26,30);11,13,15H,6-10H2,1-5H3/t21-;15-/m00/s1. The van der Waals surface area contributed by atoms with Crippen LogP contribution in [0.3, 0.4) is 0 Å². The quantitative estimate of drug-likeness (QED) is 0.189. The Balaban J connectivity index is 0.000000251. The summed E-state index contributed by atoms with van der Waals surface area (Å²) in [5.41, 5.74) is 5.83. The van der Waals surface area contributed by atoms with Crippen LogP contribution in [0.4, 0.5) is 0 Å². The van der Waals surface area contributed by atoms with Gasteiger partial charge in [-0.15, -0.1) is 22.7 Å². The van der Waals surface area contributed by atoms with Gasteiger partial charge >= 0.3 is 5.97 Å². The summed E-state index contributed by atoms with van der Waals surface area (Å²) in [4.78, 5) is 52.2. The van der Waals surface area contributed by atoms with E-state index >= 15 is 0 Å². The smallest absolute Gasteiger partial charge is 0.338 e. The van der Waals surface area contributed by atoms with E-state index in [9.17, 15) is 14.4 Å². The lowest BCUT2D eigenvalue weighted by Gasteiger charge is -2.39. The van der Waals surface area contributed by atoms with Gasteiger partial charge in [0.05, 0.1) is 18.2 Å². The van der Waals surface area contributed by atoms with Crippen molar-refractivity contribution < 1.29 is 14.3 Å². The number of H-pyrrole nitrogens is 1. The number of nitrogens with zero attached hydrogens (tertiary/aromatic N) is 4. The summed E-state index contributed by atoms with van der Waals surface area (Å²) in [5.74, 6) is -0.332. The molecule has 53 heavy (non-hydrogen) atoms. The van der Waals surface area contributed by atoms with Crippen molar-refractivity contribution >= 4 is 34.6 Å². The molecular formula is C41H64N6O4S2. The van der Waals surface area contributed by atoms with E-state index in [1.54, 1.807) is 22.7 Å². The minimum atomic E-state index is -0.221. The second-order valence-electron chi connectivity index (χ2n) is 15.2. The number of likely N-dealkylation sites (tertiary alicyclic amines) is 2. The summed E-state index contributed by atoms with van der Waals surface area (Å²) in [6.45, 7) is 17.0. The maximum atomic E-state index is 12.9. The molecule has 12 heteroatoms. The first-order valence-electron chi connectivity index (χ1n) is 19.2. The highest BCUT2D eigenvalue weighted by molar-refractivity contribution is 7.10. The zero-order valence-electron chi connectivity index (χ0n) is 34.1. The van der Waals surface area contributed by atoms with Gasteiger partial charge in [-0.2, -0.15) is 0 Å². The molecule has 0 unspecified atom stereocenters. The van der Waals surface area contributed by atoms with E-state index in [2.05, 4.69) is 78.9 Å². The van der Waals surface area contributed by atoms with Crippen LogP contribution in [0.1, 0.15) is 123 Å². The number of carbonyl (C=O) groups excluding carboxylic acids is 2. The Hall–Kier alpha value is -2.87. The fraction of sp³-hybridized carbons (Fsp3) is 0.634. The summed E-state index contributed by atoms with van der Waals surface area (Å²) in [6.07, 6.45) is 6.93. The third-order valence-electron chi connectivity index (χ3n) is 11.4. The highest BCUT2D eigenvalue weighted by Crippen LogP contribution is 2.37. The summed E-state index contributed by atoms with van der Waals surface area (Å²) in [7, 11) is 10.1. The lowest BCUT2D eigenvalue weighted by atomic mass is 9.98. The minimum Gasteiger partial charge on any atom is -0.465 e. The molecule has 2 atom stereocenters. The monoisotopic (exact) mass is 768 g/mol. The van der Waals surface area contributed by atoms with Crippen molar-refractivity contribution in [1.29, 1.82) is 0 Å². The molecule has 2 aliphatic rings. The zero-order valence-corrected chi connectivity index (χ0v) is 35.7. The van der Waals surface area contributed by atoms with Crippen molar-refractivity contribution in [2.75, 3.05) is 61.5 Å². The number of esters is 1. The van der Waals surface area contributed by atoms with Crippen molar-refractivity contribution in [2.45, 2.75) is 111 Å². The molecule has 0 spiro atoms. The SMILES string of the molecule is CC[C@@H](c1scc(C(=O)NCc2c(C)cc(C)[nH]c2=O)c1C)N1CCC(N(C)C)CC1.CC[C@@H](c1scc(C(=O)OC)c1C)N1CCC(N(C)C)CC1. The number of piperidine rings is 2. The van der Waals surface area contributed by atoms with E-state index in [0.717, 1.165) is 72.5 Å². The number of aromatic amines is 1. The van der Waals surface area contributed by atoms with Gasteiger partial charge in [0.2, 0.25) is 0 Å². The molecular weight excluding hydrogens is 705 g/mol. The number of amides is 1. The maximum absolute atomic E-state index is 12.9. The predicted octanol–water partition coefficient (Wildman–Crippen LogP) is 7.09. The molecule has 2 N–H and O–H groups in total. The van der Waals surface area contributed by atoms with Gasteiger partial charge in [0.15, 0.2) is 0 Å². The van der Waals surface area contributed by atoms with Crippen molar-refractivity contribution in [3.05, 3.63) is 76.0 Å². The molecule has 5 heterocycles. The number of pyridine rings is 1. The van der Waals surface area contributed by atoms with Gasteiger partial charge in [-0.1, -0.05) is 13.8 Å². The Morgan fingerprint density at radius 1 is 0.830 bits per heavy atom. The van der Waals surface area contributed by atoms with Crippen molar-refractivity contribution in [3.8, 4) is 0 Å². The number of nitrogens with one attached hydrogen (secondary N) is 2. The molecule has 3 aromatic rings. The fourth-order valence-corrected chi connectivity index (χ4v) is 10.6. The highest BCUT2D eigenvalue weighted by Gasteiger charge is 2.30. The fourth-order valence-electron chi connectivity index (χ4n) is 8.07. The first-order chi connectivity index (χ1) is 25.2. The predicted molar refractivity (Wildman–Crippen MR) is 220 cm³/mol. The van der Waals surface area contributed by atoms with E-state index in [4.69, 9.17) is 4.74 Å². The number of aryl methyl sites for hydroxylation is 2. The number of thiophene rings is 2. The maximum Gasteiger partial charge on any atom is 0.338 e. The Morgan fingerprint density at radius 2 is 1.28 bits per heavy atom. The molecule has 0 aliphatic carbocycles. The molecule has 2 saturated heterocycles. The van der Waals surface area contributed by atoms with E-state index in [1.165, 1.54) is 42.5 Å². The third-order valence-corrected chi connectivity index (χ3v) is 13.8. The molecule has 2 aliphatic heterocycles. The van der Waals surface area contributed by atoms with Crippen LogP contribution in [-0.2, 0) is 11.3 Å². The topological polar surface area (TPSA) is 101 Å². The van der Waals surface area contributed by atoms with Crippen LogP contribution in [0.25, 0.3) is 0 Å². The largest absolute Gasteiger partial charge is 0.465 e. The Morgan fingerprint density at radius 3 is 1.70 bits per heavy atom. The Labute approximate surface area is 325 Å². The van der Waals surface area contributed by atoms with Crippen LogP contribution >= 0.6 is 22.7 Å². The van der Waals surface area contributed by atoms with Gasteiger partial charge in [-0.3, -0.25) is 19.4 Å². The third kappa shape index (κ3) is 10.5. The highest BCUT2D eigenvalue weighted by atomic mass is 32.1. The molecule has 0 saturated carbocycles. The Kier molecular flexibility index (Phi) is 15.9. The number of aromatic nitrogens is 1. The first-order valence-corrected chi connectivity index (χ1v) is 21.0. The van der Waals surface area contributed by atoms with Gasteiger partial charge in [0.1, 0.15) is 0 Å². The van der Waals surface area contributed by atoms with Gasteiger partial charge in [0.25, 0.3) is 11.5 Å². The van der Waals surface area contributed by atoms with Gasteiger partial charge in [-0.05, 0) is 117 Å². The van der Waals surface area contributed by atoms with E-state index in [0.29, 0.717) is 29.7 Å². The van der Waals surface area contributed by atoms with E-state index in [-0.39, 0.29) is 24.0 Å². The van der Waals surface area contributed by atoms with E-state index < -0.39 is 0 Å². The van der Waals surface area contributed by atoms with Crippen LogP contribution in [-0.4, -0.2) is 110 Å². The average Bonchev–Trinajstić information content (AvgIpc) is 3.70. The second-order valence-corrected chi connectivity index (χ2v) is 17.0. The van der Waals surface area contributed by atoms with Crippen LogP contribution < -0.4 is 10.9 Å². The molecule has 0 aromatic carbocycles. The van der Waals surface area contributed by atoms with Crippen molar-refractivity contribution in [1.82, 2.24) is 29.9 Å². The van der Waals surface area contributed by atoms with Gasteiger partial charge in [0, 0.05) is 88.7 Å². The number of methoxy groups -OCH3 is 1. The number of rotatable bonds is 12. The van der Waals surface area contributed by atoms with Crippen molar-refractivity contribution in [3.63, 3.8) is 0 Å². The molecule has 2 fully saturated rings. The number of ether oxygens (including phenoxy) is 1. The number of hydrogen-bond acceptors (Lipinski definition) is 10. The van der Waals surface area contributed by atoms with Crippen LogP contribution in [0.15, 0.2) is 21.6 Å². The summed E-state index contributed by atoms with van der Waals surface area (Å²) >= 11 is 3.39. The molecule has 5 rings (SSSR count). The van der Waals surface area contributed by atoms with Gasteiger partial charge < -0.3 is 24.8 Å². The molecule has 0 bridgehead atoms. The summed E-state index contributed by atoms with van der Waals surface area (Å²) in [5, 5.41) is 6.88. The van der Waals surface area contributed by atoms with Crippen LogP contribution in [0.5, 0.6) is 0 Å². The average molecular weight is 769 g/mol. The molecule has 1 amide bonds. The normalized spacial score (nSPS) is 17.5. The van der Waals surface area contributed by atoms with Gasteiger partial charge in [-0.25, -0.2) is 4.79 Å². The van der Waals surface area contributed by atoms with Crippen molar-refractivity contribution in [2.24, 2.45) is 0 Å². The van der Waals surface area contributed by atoms with E-state index in [1.807, 2.05) is 37.6 Å². The minimum absolute atomic E-state index is 0.111. The zero-order chi connectivity index (χ0) is 39.0. The number of carbonyl (C=O) groups is 2. The van der Waals surface area contributed by atoms with Crippen LogP contribution in [0.2, 0.25) is 0 Å². The number of hydrogen-bond donors (Lipinski definition) is 2. The first kappa shape index (κ1) is 42.9. The molecule has 294 valence electrons. The second kappa shape index (κ2) is 19.6. The summed E-state index contributed by atoms with van der Waals surface area (Å²) < 4.78 is 4.88. The molecule has 3 aromatic heterocycles. The molecule has 10 nitrogen and oxygen atoms in total. The summed E-state index contributed by atoms with van der Waals surface area (Å²) in [6, 6.07) is 4.07. The lowest BCUT2D eigenvalue weighted by molar-refractivity contribution is 0.0600. The van der Waals surface area contributed by atoms with Crippen LogP contribution in [0, 0.1) is 27.7 Å². The lowest BCUT2D eigenvalue weighted by Crippen LogP contribution is -2.43. The molecule has 0 radical (unpaired) electrons.